The van der Waals surface area contributed by atoms with Crippen molar-refractivity contribution in [2.75, 3.05) is 37.6 Å². The lowest BCUT2D eigenvalue weighted by molar-refractivity contribution is 0.100. The summed E-state index contributed by atoms with van der Waals surface area (Å²) >= 11 is 5.75. The second kappa shape index (κ2) is 11.0. The molecule has 0 aliphatic rings. The van der Waals surface area contributed by atoms with Gasteiger partial charge in [-0.15, -0.1) is 11.6 Å². The lowest BCUT2D eigenvalue weighted by atomic mass is 10.1. The summed E-state index contributed by atoms with van der Waals surface area (Å²) < 4.78 is 12.9. The van der Waals surface area contributed by atoms with Gasteiger partial charge in [-0.3, -0.25) is 9.20 Å². The van der Waals surface area contributed by atoms with Gasteiger partial charge in [-0.2, -0.15) is 0 Å². The highest BCUT2D eigenvalue weighted by molar-refractivity contribution is 6.17. The van der Waals surface area contributed by atoms with Crippen LogP contribution in [0.5, 0.6) is 5.75 Å². The summed E-state index contributed by atoms with van der Waals surface area (Å²) in [5.41, 5.74) is 9.56. The van der Waals surface area contributed by atoms with Crippen molar-refractivity contribution in [3.63, 3.8) is 0 Å². The number of hydrogen-bond donors (Lipinski definition) is 1. The van der Waals surface area contributed by atoms with Crippen LogP contribution in [0.3, 0.4) is 0 Å². The van der Waals surface area contributed by atoms with Gasteiger partial charge < -0.3 is 20.1 Å². The van der Waals surface area contributed by atoms with Crippen molar-refractivity contribution in [3.8, 4) is 17.0 Å². The largest absolute Gasteiger partial charge is 0.497 e. The normalized spacial score (nSPS) is 11.0. The van der Waals surface area contributed by atoms with Gasteiger partial charge in [0.2, 0.25) is 5.91 Å². The molecule has 0 spiro atoms. The van der Waals surface area contributed by atoms with Gasteiger partial charge in [0.1, 0.15) is 5.75 Å². The number of rotatable bonds is 11. The second-order valence-corrected chi connectivity index (χ2v) is 7.98. The Morgan fingerprint density at radius 3 is 2.53 bits per heavy atom. The molecule has 1 amide bonds. The number of methoxy groups -OCH3 is 1. The van der Waals surface area contributed by atoms with Crippen LogP contribution in [-0.2, 0) is 11.3 Å². The number of halogens is 1. The molecule has 2 heterocycles. The number of imidazole rings is 1. The molecule has 0 saturated heterocycles. The van der Waals surface area contributed by atoms with Crippen molar-refractivity contribution in [1.29, 1.82) is 0 Å². The topological polar surface area (TPSA) is 95.0 Å². The zero-order valence-corrected chi connectivity index (χ0v) is 19.6. The molecule has 0 bridgehead atoms. The number of fused-ring (bicyclic) bond motifs is 1. The van der Waals surface area contributed by atoms with E-state index in [-0.39, 0.29) is 0 Å². The number of aromatic nitrogens is 3. The zero-order chi connectivity index (χ0) is 23.9. The van der Waals surface area contributed by atoms with Gasteiger partial charge in [-0.25, -0.2) is 9.97 Å². The molecule has 176 valence electrons. The SMILES string of the molecule is COc1ccc(-c2cnc3c(N(CCOCCCl)Cc4ccc(C(N)=O)cc4)nccn23)cc1. The lowest BCUT2D eigenvalue weighted by Crippen LogP contribution is -2.28. The Balaban J connectivity index is 1.66. The van der Waals surface area contributed by atoms with Crippen LogP contribution in [0.25, 0.3) is 16.9 Å². The van der Waals surface area contributed by atoms with Crippen molar-refractivity contribution < 1.29 is 14.3 Å². The van der Waals surface area contributed by atoms with Gasteiger partial charge in [0.05, 0.1) is 32.2 Å². The molecule has 0 radical (unpaired) electrons. The van der Waals surface area contributed by atoms with Crippen LogP contribution in [-0.4, -0.2) is 53.0 Å². The fourth-order valence-corrected chi connectivity index (χ4v) is 3.80. The Bertz CT molecular complexity index is 1240. The van der Waals surface area contributed by atoms with Crippen molar-refractivity contribution in [2.45, 2.75) is 6.54 Å². The van der Waals surface area contributed by atoms with Crippen LogP contribution < -0.4 is 15.4 Å². The number of benzene rings is 2. The molecule has 8 nitrogen and oxygen atoms in total. The Hall–Kier alpha value is -3.62. The van der Waals surface area contributed by atoms with Gasteiger partial charge in [0.25, 0.3) is 0 Å². The van der Waals surface area contributed by atoms with E-state index >= 15 is 0 Å². The highest BCUT2D eigenvalue weighted by atomic mass is 35.5. The van der Waals surface area contributed by atoms with E-state index in [0.29, 0.717) is 37.7 Å². The van der Waals surface area contributed by atoms with Crippen LogP contribution in [0.15, 0.2) is 67.1 Å². The average Bonchev–Trinajstić information content (AvgIpc) is 3.30. The molecule has 0 fully saturated rings. The molecule has 0 atom stereocenters. The van der Waals surface area contributed by atoms with E-state index in [9.17, 15) is 4.79 Å². The average molecular weight is 480 g/mol. The first-order valence-corrected chi connectivity index (χ1v) is 11.4. The Morgan fingerprint density at radius 2 is 1.85 bits per heavy atom. The first-order valence-electron chi connectivity index (χ1n) is 10.8. The molecule has 0 aliphatic carbocycles. The minimum atomic E-state index is -0.451. The smallest absolute Gasteiger partial charge is 0.248 e. The van der Waals surface area contributed by atoms with Crippen molar-refractivity contribution in [1.82, 2.24) is 14.4 Å². The molecule has 0 saturated carbocycles. The lowest BCUT2D eigenvalue weighted by Gasteiger charge is -2.24. The van der Waals surface area contributed by atoms with Crippen molar-refractivity contribution in [3.05, 3.63) is 78.2 Å². The second-order valence-electron chi connectivity index (χ2n) is 7.60. The number of primary amides is 1. The first kappa shape index (κ1) is 23.5. The standard InChI is InChI=1S/C25H26ClN5O3/c1-33-21-8-6-19(7-9-21)22-16-29-25-24(28-11-12-31(22)25)30(13-15-34-14-10-26)17-18-2-4-20(5-3-18)23(27)32/h2-9,11-12,16H,10,13-15,17H2,1H3,(H2,27,32). The summed E-state index contributed by atoms with van der Waals surface area (Å²) in [7, 11) is 1.65. The zero-order valence-electron chi connectivity index (χ0n) is 18.9. The molecular weight excluding hydrogens is 454 g/mol. The summed E-state index contributed by atoms with van der Waals surface area (Å²) in [5, 5.41) is 0. The number of amides is 1. The molecule has 4 aromatic rings. The number of alkyl halides is 1. The quantitative estimate of drug-likeness (QED) is 0.260. The fraction of sp³-hybridized carbons (Fsp3) is 0.240. The molecule has 9 heteroatoms. The van der Waals surface area contributed by atoms with E-state index in [4.69, 9.17) is 26.8 Å². The maximum absolute atomic E-state index is 11.4. The highest BCUT2D eigenvalue weighted by Gasteiger charge is 2.17. The molecule has 2 N–H and O–H groups in total. The summed E-state index contributed by atoms with van der Waals surface area (Å²) in [6.45, 7) is 2.11. The van der Waals surface area contributed by atoms with Gasteiger partial charge in [0, 0.05) is 42.5 Å². The third-order valence-electron chi connectivity index (χ3n) is 5.43. The molecular formula is C25H26ClN5O3. The molecule has 4 rings (SSSR count). The van der Waals surface area contributed by atoms with Crippen LogP contribution >= 0.6 is 11.6 Å². The molecule has 2 aromatic heterocycles. The summed E-state index contributed by atoms with van der Waals surface area (Å²) in [5.74, 6) is 1.52. The minimum Gasteiger partial charge on any atom is -0.497 e. The number of anilines is 1. The Morgan fingerprint density at radius 1 is 1.09 bits per heavy atom. The molecule has 34 heavy (non-hydrogen) atoms. The van der Waals surface area contributed by atoms with Gasteiger partial charge in [-0.1, -0.05) is 12.1 Å². The van der Waals surface area contributed by atoms with E-state index in [1.807, 2.05) is 53.2 Å². The summed E-state index contributed by atoms with van der Waals surface area (Å²) in [6, 6.07) is 15.1. The number of nitrogens with zero attached hydrogens (tertiary/aromatic N) is 4. The predicted octanol–water partition coefficient (Wildman–Crippen LogP) is 3.77. The fourth-order valence-electron chi connectivity index (χ4n) is 3.69. The number of nitrogens with two attached hydrogens (primary N) is 1. The van der Waals surface area contributed by atoms with Gasteiger partial charge >= 0.3 is 0 Å². The monoisotopic (exact) mass is 479 g/mol. The van der Waals surface area contributed by atoms with Crippen LogP contribution in [0.2, 0.25) is 0 Å². The highest BCUT2D eigenvalue weighted by Crippen LogP contribution is 2.27. The van der Waals surface area contributed by atoms with E-state index < -0.39 is 5.91 Å². The summed E-state index contributed by atoms with van der Waals surface area (Å²) in [6.07, 6.45) is 5.50. The number of carbonyl (C=O) groups excluding carboxylic acids is 1. The van der Waals surface area contributed by atoms with E-state index in [1.165, 1.54) is 0 Å². The molecule has 0 unspecified atom stereocenters. The predicted molar refractivity (Wildman–Crippen MR) is 133 cm³/mol. The first-order chi connectivity index (χ1) is 16.6. The molecule has 0 aliphatic heterocycles. The minimum absolute atomic E-state index is 0.438. The molecule has 2 aromatic carbocycles. The number of carbonyl (C=O) groups is 1. The third kappa shape index (κ3) is 5.30. The maximum atomic E-state index is 11.4. The van der Waals surface area contributed by atoms with Crippen LogP contribution in [0.1, 0.15) is 15.9 Å². The van der Waals surface area contributed by atoms with Gasteiger partial charge in [0.15, 0.2) is 11.5 Å². The van der Waals surface area contributed by atoms with E-state index in [0.717, 1.165) is 34.0 Å². The summed E-state index contributed by atoms with van der Waals surface area (Å²) in [4.78, 5) is 22.9. The van der Waals surface area contributed by atoms with Gasteiger partial charge in [-0.05, 0) is 42.0 Å². The number of ether oxygens (including phenoxy) is 2. The van der Waals surface area contributed by atoms with E-state index in [2.05, 4.69) is 14.9 Å². The van der Waals surface area contributed by atoms with Crippen molar-refractivity contribution in [2.24, 2.45) is 5.73 Å². The number of hydrogen-bond acceptors (Lipinski definition) is 6. The van der Waals surface area contributed by atoms with E-state index in [1.54, 1.807) is 25.4 Å². The van der Waals surface area contributed by atoms with Crippen LogP contribution in [0, 0.1) is 0 Å². The Kier molecular flexibility index (Phi) is 7.61. The van der Waals surface area contributed by atoms with Crippen molar-refractivity contribution >= 4 is 29.0 Å². The Labute approximate surface area is 202 Å². The van der Waals surface area contributed by atoms with Crippen LogP contribution in [0.4, 0.5) is 5.82 Å². The maximum Gasteiger partial charge on any atom is 0.248 e. The third-order valence-corrected chi connectivity index (χ3v) is 5.59.